The molecule has 1 aliphatic heterocycles. The predicted molar refractivity (Wildman–Crippen MR) is 87.3 cm³/mol. The molecule has 5 heteroatoms. The summed E-state index contributed by atoms with van der Waals surface area (Å²) in [6, 6.07) is 7.84. The molecule has 2 amide bonds. The zero-order valence-electron chi connectivity index (χ0n) is 12.8. The van der Waals surface area contributed by atoms with Gasteiger partial charge in [-0.2, -0.15) is 0 Å². The van der Waals surface area contributed by atoms with E-state index in [1.54, 1.807) is 12.4 Å². The summed E-state index contributed by atoms with van der Waals surface area (Å²) in [5, 5.41) is 6.43. The van der Waals surface area contributed by atoms with Crippen molar-refractivity contribution in [3.8, 4) is 0 Å². The minimum absolute atomic E-state index is 0.210. The molecule has 4 rings (SSSR count). The summed E-state index contributed by atoms with van der Waals surface area (Å²) < 4.78 is 0. The first-order valence-electron chi connectivity index (χ1n) is 7.54. The molecule has 3 N–H and O–H groups in total. The molecule has 2 heterocycles. The highest BCUT2D eigenvalue weighted by Crippen LogP contribution is 2.71. The Kier molecular flexibility index (Phi) is 2.61. The Bertz CT molecular complexity index is 895. The van der Waals surface area contributed by atoms with Crippen molar-refractivity contribution in [2.45, 2.75) is 18.8 Å². The molecule has 2 aromatic rings. The van der Waals surface area contributed by atoms with Crippen molar-refractivity contribution in [2.24, 2.45) is 5.41 Å². The first kappa shape index (κ1) is 13.8. The Hall–Kier alpha value is -2.82. The molecule has 5 nitrogen and oxygen atoms in total. The van der Waals surface area contributed by atoms with Gasteiger partial charge in [0.1, 0.15) is 0 Å². The van der Waals surface area contributed by atoms with Crippen LogP contribution < -0.4 is 10.6 Å². The Morgan fingerprint density at radius 2 is 2.09 bits per heavy atom. The first-order chi connectivity index (χ1) is 11.1. The summed E-state index contributed by atoms with van der Waals surface area (Å²) in [6.07, 6.45) is 5.67. The molecular weight excluding hydrogens is 290 g/mol. The summed E-state index contributed by atoms with van der Waals surface area (Å²) in [7, 11) is 0. The van der Waals surface area contributed by atoms with Crippen LogP contribution in [-0.4, -0.2) is 16.8 Å². The Morgan fingerprint density at radius 1 is 1.30 bits per heavy atom. The third-order valence-electron chi connectivity index (χ3n) is 5.28. The van der Waals surface area contributed by atoms with E-state index in [1.165, 1.54) is 0 Å². The van der Waals surface area contributed by atoms with E-state index in [1.807, 2.05) is 37.4 Å². The van der Waals surface area contributed by atoms with E-state index in [-0.39, 0.29) is 11.8 Å². The van der Waals surface area contributed by atoms with Gasteiger partial charge >= 0.3 is 0 Å². The SMILES string of the molecule is C=CN/C=C(\C)C12CC1(c1c[nH]c3ccccc13)C(=O)NC2=O. The molecule has 1 aromatic carbocycles. The normalized spacial score (nSPS) is 29.3. The summed E-state index contributed by atoms with van der Waals surface area (Å²) in [6.45, 7) is 5.49. The van der Waals surface area contributed by atoms with Crippen LogP contribution >= 0.6 is 0 Å². The van der Waals surface area contributed by atoms with E-state index >= 15 is 0 Å². The number of imide groups is 1. The lowest BCUT2D eigenvalue weighted by atomic mass is 9.83. The van der Waals surface area contributed by atoms with Crippen molar-refractivity contribution in [3.63, 3.8) is 0 Å². The number of amides is 2. The van der Waals surface area contributed by atoms with E-state index in [2.05, 4.69) is 22.2 Å². The number of carbonyl (C=O) groups excluding carboxylic acids is 2. The Labute approximate surface area is 133 Å². The van der Waals surface area contributed by atoms with E-state index < -0.39 is 10.8 Å². The molecule has 2 aliphatic rings. The van der Waals surface area contributed by atoms with Crippen molar-refractivity contribution in [1.82, 2.24) is 15.6 Å². The number of piperidine rings is 1. The van der Waals surface area contributed by atoms with Crippen molar-refractivity contribution in [1.29, 1.82) is 0 Å². The van der Waals surface area contributed by atoms with Gasteiger partial charge in [-0.05, 0) is 36.7 Å². The van der Waals surface area contributed by atoms with Crippen molar-refractivity contribution in [2.75, 3.05) is 0 Å². The van der Waals surface area contributed by atoms with Crippen LogP contribution in [0.5, 0.6) is 0 Å². The zero-order chi connectivity index (χ0) is 16.2. The second kappa shape index (κ2) is 4.35. The number of fused-ring (bicyclic) bond motifs is 2. The van der Waals surface area contributed by atoms with Gasteiger partial charge in [0.2, 0.25) is 11.8 Å². The van der Waals surface area contributed by atoms with Gasteiger partial charge in [-0.15, -0.1) is 0 Å². The van der Waals surface area contributed by atoms with E-state index in [9.17, 15) is 9.59 Å². The summed E-state index contributed by atoms with van der Waals surface area (Å²) in [4.78, 5) is 28.4. The lowest BCUT2D eigenvalue weighted by Crippen LogP contribution is -2.30. The van der Waals surface area contributed by atoms with Crippen LogP contribution in [0.3, 0.4) is 0 Å². The molecule has 2 atom stereocenters. The van der Waals surface area contributed by atoms with Crippen LogP contribution in [-0.2, 0) is 15.0 Å². The third kappa shape index (κ3) is 1.46. The van der Waals surface area contributed by atoms with E-state index in [4.69, 9.17) is 0 Å². The van der Waals surface area contributed by atoms with Crippen LogP contribution in [0.25, 0.3) is 10.9 Å². The molecule has 2 fully saturated rings. The second-order valence-corrected chi connectivity index (χ2v) is 6.22. The van der Waals surface area contributed by atoms with Gasteiger partial charge in [-0.1, -0.05) is 24.8 Å². The number of benzene rings is 1. The van der Waals surface area contributed by atoms with E-state index in [0.717, 1.165) is 22.0 Å². The fourth-order valence-electron chi connectivity index (χ4n) is 4.05. The smallest absolute Gasteiger partial charge is 0.238 e. The Balaban J connectivity index is 1.91. The van der Waals surface area contributed by atoms with Gasteiger partial charge in [0, 0.05) is 23.3 Å². The molecule has 23 heavy (non-hydrogen) atoms. The molecule has 0 spiro atoms. The Morgan fingerprint density at radius 3 is 2.87 bits per heavy atom. The number of hydrogen-bond acceptors (Lipinski definition) is 3. The molecule has 0 radical (unpaired) electrons. The highest BCUT2D eigenvalue weighted by Gasteiger charge is 2.82. The van der Waals surface area contributed by atoms with Gasteiger partial charge < -0.3 is 10.3 Å². The highest BCUT2D eigenvalue weighted by atomic mass is 16.2. The third-order valence-corrected chi connectivity index (χ3v) is 5.28. The molecule has 0 bridgehead atoms. The topological polar surface area (TPSA) is 74.0 Å². The van der Waals surface area contributed by atoms with Gasteiger partial charge in [0.05, 0.1) is 10.8 Å². The summed E-state index contributed by atoms with van der Waals surface area (Å²) in [5.41, 5.74) is 1.09. The van der Waals surface area contributed by atoms with Gasteiger partial charge in [0.25, 0.3) is 0 Å². The number of nitrogens with one attached hydrogen (secondary N) is 3. The molecule has 2 unspecified atom stereocenters. The number of hydrogen-bond donors (Lipinski definition) is 3. The monoisotopic (exact) mass is 307 g/mol. The molecule has 1 aromatic heterocycles. The number of aromatic nitrogens is 1. The standard InChI is InChI=1S/C18H17N3O2/c1-3-19-8-11(2)17-10-18(17,16(23)21-15(17)22)13-9-20-14-7-5-4-6-12(13)14/h3-9,19-20H,1,10H2,2H3,(H,21,22,23)/b11-8+. The van der Waals surface area contributed by atoms with Crippen LogP contribution in [0.4, 0.5) is 0 Å². The number of carbonyl (C=O) groups is 2. The quantitative estimate of drug-likeness (QED) is 0.757. The number of rotatable bonds is 4. The maximum absolute atomic E-state index is 12.7. The van der Waals surface area contributed by atoms with Crippen molar-refractivity contribution >= 4 is 22.7 Å². The first-order valence-corrected chi connectivity index (χ1v) is 7.54. The zero-order valence-corrected chi connectivity index (χ0v) is 12.8. The van der Waals surface area contributed by atoms with Gasteiger partial charge in [-0.25, -0.2) is 0 Å². The lowest BCUT2D eigenvalue weighted by Gasteiger charge is -2.15. The van der Waals surface area contributed by atoms with Gasteiger partial charge in [-0.3, -0.25) is 14.9 Å². The van der Waals surface area contributed by atoms with Crippen LogP contribution in [0, 0.1) is 5.41 Å². The molecule has 1 saturated heterocycles. The molecular formula is C18H17N3O2. The minimum Gasteiger partial charge on any atom is -0.368 e. The highest BCUT2D eigenvalue weighted by molar-refractivity contribution is 6.20. The maximum atomic E-state index is 12.7. The molecule has 116 valence electrons. The van der Waals surface area contributed by atoms with E-state index in [0.29, 0.717) is 6.42 Å². The fraction of sp³-hybridized carbons (Fsp3) is 0.222. The van der Waals surface area contributed by atoms with Crippen LogP contribution in [0.2, 0.25) is 0 Å². The lowest BCUT2D eigenvalue weighted by molar-refractivity contribution is -0.128. The molecule has 1 saturated carbocycles. The number of para-hydroxylation sites is 1. The fourth-order valence-corrected chi connectivity index (χ4v) is 4.05. The maximum Gasteiger partial charge on any atom is 0.238 e. The second-order valence-electron chi connectivity index (χ2n) is 6.22. The predicted octanol–water partition coefficient (Wildman–Crippen LogP) is 2.09. The average Bonchev–Trinajstić information content (AvgIpc) is 3.01. The van der Waals surface area contributed by atoms with Crippen LogP contribution in [0.15, 0.2) is 55.0 Å². The summed E-state index contributed by atoms with van der Waals surface area (Å²) >= 11 is 0. The van der Waals surface area contributed by atoms with Crippen LogP contribution in [0.1, 0.15) is 18.9 Å². The van der Waals surface area contributed by atoms with Crippen molar-refractivity contribution < 1.29 is 9.59 Å². The van der Waals surface area contributed by atoms with Gasteiger partial charge in [0.15, 0.2) is 0 Å². The van der Waals surface area contributed by atoms with Crippen molar-refractivity contribution in [3.05, 3.63) is 60.6 Å². The number of aromatic amines is 1. The molecule has 1 aliphatic carbocycles. The number of H-pyrrole nitrogens is 1. The minimum atomic E-state index is -0.812. The average molecular weight is 307 g/mol. The largest absolute Gasteiger partial charge is 0.368 e. The summed E-state index contributed by atoms with van der Waals surface area (Å²) in [5.74, 6) is -0.425.